The van der Waals surface area contributed by atoms with Crippen molar-refractivity contribution >= 4 is 13.8 Å². The Balaban J connectivity index is 3.88. The molecular weight excluding hydrogens is 806 g/mol. The summed E-state index contributed by atoms with van der Waals surface area (Å²) in [6.07, 6.45) is 60.8. The van der Waals surface area contributed by atoms with Crippen LogP contribution in [0.5, 0.6) is 0 Å². The molecule has 0 aliphatic rings. The van der Waals surface area contributed by atoms with Crippen LogP contribution in [0.3, 0.4) is 0 Å². The fourth-order valence-electron chi connectivity index (χ4n) is 8.09. The zero-order valence-electron chi connectivity index (χ0n) is 41.8. The predicted octanol–water partition coefficient (Wildman–Crippen LogP) is 17.2. The van der Waals surface area contributed by atoms with Crippen molar-refractivity contribution in [2.45, 2.75) is 283 Å². The van der Waals surface area contributed by atoms with Gasteiger partial charge in [-0.3, -0.25) is 13.8 Å². The summed E-state index contributed by atoms with van der Waals surface area (Å²) in [5, 5.41) is 0. The minimum atomic E-state index is -4.28. The van der Waals surface area contributed by atoms with E-state index in [2.05, 4.69) is 38.2 Å². The Morgan fingerprint density at radius 1 is 0.476 bits per heavy atom. The van der Waals surface area contributed by atoms with Crippen LogP contribution in [-0.4, -0.2) is 49.9 Å². The molecule has 0 saturated heterocycles. The van der Waals surface area contributed by atoms with Crippen LogP contribution in [0.15, 0.2) is 24.3 Å². The normalized spacial score (nSPS) is 13.4. The van der Waals surface area contributed by atoms with Crippen LogP contribution < -0.4 is 5.73 Å². The molecule has 3 N–H and O–H groups in total. The number of rotatable bonds is 53. The van der Waals surface area contributed by atoms with Gasteiger partial charge in [0.15, 0.2) is 0 Å². The Labute approximate surface area is 391 Å². The fraction of sp³-hybridized carbons (Fsp3) is 0.907. The van der Waals surface area contributed by atoms with Crippen LogP contribution in [0.4, 0.5) is 0 Å². The molecule has 0 saturated carbocycles. The highest BCUT2D eigenvalue weighted by atomic mass is 31.2. The molecule has 0 aromatic carbocycles. The molecule has 0 amide bonds. The number of hydrogen-bond acceptors (Lipinski definition) is 7. The Morgan fingerprint density at radius 3 is 1.24 bits per heavy atom. The summed E-state index contributed by atoms with van der Waals surface area (Å²) in [6, 6.07) is 0. The second-order valence-corrected chi connectivity index (χ2v) is 19.9. The number of nitrogens with two attached hydrogens (primary N) is 1. The third-order valence-corrected chi connectivity index (χ3v) is 13.1. The van der Waals surface area contributed by atoms with Crippen molar-refractivity contribution < 1.29 is 32.8 Å². The molecule has 0 spiro atoms. The van der Waals surface area contributed by atoms with Crippen molar-refractivity contribution in [1.29, 1.82) is 0 Å². The first-order valence-electron chi connectivity index (χ1n) is 27.3. The zero-order chi connectivity index (χ0) is 45.8. The lowest BCUT2D eigenvalue weighted by Crippen LogP contribution is -2.28. The molecule has 9 heteroatoms. The molecule has 63 heavy (non-hydrogen) atoms. The Bertz CT molecular complexity index is 1020. The lowest BCUT2D eigenvalue weighted by Gasteiger charge is -2.20. The van der Waals surface area contributed by atoms with Crippen molar-refractivity contribution in [3.05, 3.63) is 24.3 Å². The van der Waals surface area contributed by atoms with Gasteiger partial charge in [-0.2, -0.15) is 0 Å². The molecule has 2 atom stereocenters. The molecule has 0 bridgehead atoms. The van der Waals surface area contributed by atoms with Gasteiger partial charge in [0.1, 0.15) is 6.10 Å². The van der Waals surface area contributed by atoms with Gasteiger partial charge in [0.2, 0.25) is 0 Å². The van der Waals surface area contributed by atoms with Gasteiger partial charge in [-0.15, -0.1) is 0 Å². The molecule has 374 valence electrons. The summed E-state index contributed by atoms with van der Waals surface area (Å²) in [4.78, 5) is 22.6. The Morgan fingerprint density at radius 2 is 0.841 bits per heavy atom. The van der Waals surface area contributed by atoms with Gasteiger partial charge in [0.05, 0.1) is 19.8 Å². The van der Waals surface area contributed by atoms with E-state index < -0.39 is 13.9 Å². The van der Waals surface area contributed by atoms with Crippen LogP contribution in [-0.2, 0) is 27.9 Å². The average molecular weight is 912 g/mol. The van der Waals surface area contributed by atoms with Gasteiger partial charge in [-0.25, -0.2) is 4.57 Å². The van der Waals surface area contributed by atoms with Gasteiger partial charge >= 0.3 is 13.8 Å². The second-order valence-electron chi connectivity index (χ2n) is 18.5. The third kappa shape index (κ3) is 51.8. The number of esters is 1. The molecule has 0 aliphatic heterocycles. The minimum absolute atomic E-state index is 0.0937. The number of phosphoric ester groups is 1. The van der Waals surface area contributed by atoms with Gasteiger partial charge in [-0.05, 0) is 44.9 Å². The first kappa shape index (κ1) is 62.0. The smallest absolute Gasteiger partial charge is 0.457 e. The highest BCUT2D eigenvalue weighted by molar-refractivity contribution is 7.47. The van der Waals surface area contributed by atoms with Gasteiger partial charge in [0, 0.05) is 19.6 Å². The average Bonchev–Trinajstić information content (AvgIpc) is 3.28. The minimum Gasteiger partial charge on any atom is -0.457 e. The SMILES string of the molecule is CCCCCCC/C=C\C/C=C\CCCCCCCCCCCC(=O)OC(COCCCCCCCCCCCCCCCCCCCCCCCCC)COP(=O)(O)OCCN. The first-order valence-corrected chi connectivity index (χ1v) is 28.8. The van der Waals surface area contributed by atoms with E-state index in [0.29, 0.717) is 13.0 Å². The van der Waals surface area contributed by atoms with Crippen molar-refractivity contribution in [2.75, 3.05) is 33.0 Å². The molecule has 0 radical (unpaired) electrons. The summed E-state index contributed by atoms with van der Waals surface area (Å²) in [5.74, 6) is -0.328. The highest BCUT2D eigenvalue weighted by Gasteiger charge is 2.25. The largest absolute Gasteiger partial charge is 0.472 e. The van der Waals surface area contributed by atoms with E-state index >= 15 is 0 Å². The van der Waals surface area contributed by atoms with E-state index in [0.717, 1.165) is 38.5 Å². The summed E-state index contributed by atoms with van der Waals surface area (Å²) < 4.78 is 33.6. The van der Waals surface area contributed by atoms with Crippen LogP contribution in [0.1, 0.15) is 277 Å². The molecule has 8 nitrogen and oxygen atoms in total. The first-order chi connectivity index (χ1) is 30.9. The number of allylic oxidation sites excluding steroid dienone is 4. The molecular formula is C54H106NO7P. The number of ether oxygens (including phenoxy) is 2. The molecule has 0 aliphatic carbocycles. The van der Waals surface area contributed by atoms with Crippen LogP contribution >= 0.6 is 7.82 Å². The van der Waals surface area contributed by atoms with Crippen LogP contribution in [0.25, 0.3) is 0 Å². The van der Waals surface area contributed by atoms with E-state index in [-0.39, 0.29) is 32.3 Å². The van der Waals surface area contributed by atoms with E-state index in [1.54, 1.807) is 0 Å². The maximum Gasteiger partial charge on any atom is 0.472 e. The number of carbonyl (C=O) groups is 1. The fourth-order valence-corrected chi connectivity index (χ4v) is 8.85. The lowest BCUT2D eigenvalue weighted by molar-refractivity contribution is -0.154. The van der Waals surface area contributed by atoms with Crippen molar-refractivity contribution in [1.82, 2.24) is 0 Å². The van der Waals surface area contributed by atoms with Crippen LogP contribution in [0.2, 0.25) is 0 Å². The van der Waals surface area contributed by atoms with Gasteiger partial charge in [-0.1, -0.05) is 250 Å². The summed E-state index contributed by atoms with van der Waals surface area (Å²) in [7, 11) is -4.28. The summed E-state index contributed by atoms with van der Waals surface area (Å²) >= 11 is 0. The Hall–Kier alpha value is -1.02. The molecule has 0 aromatic heterocycles. The quantitative estimate of drug-likeness (QED) is 0.0268. The monoisotopic (exact) mass is 912 g/mol. The van der Waals surface area contributed by atoms with E-state index in [9.17, 15) is 14.3 Å². The Kier molecular flexibility index (Phi) is 51.1. The highest BCUT2D eigenvalue weighted by Crippen LogP contribution is 2.43. The second kappa shape index (κ2) is 52.0. The molecule has 0 heterocycles. The predicted molar refractivity (Wildman–Crippen MR) is 270 cm³/mol. The topological polar surface area (TPSA) is 117 Å². The number of hydrogen-bond donors (Lipinski definition) is 2. The van der Waals surface area contributed by atoms with Gasteiger partial charge < -0.3 is 20.1 Å². The van der Waals surface area contributed by atoms with Crippen molar-refractivity contribution in [3.8, 4) is 0 Å². The van der Waals surface area contributed by atoms with Crippen LogP contribution in [0, 0.1) is 0 Å². The van der Waals surface area contributed by atoms with Crippen molar-refractivity contribution in [2.24, 2.45) is 5.73 Å². The molecule has 0 aromatic rings. The number of phosphoric acid groups is 1. The molecule has 0 rings (SSSR count). The van der Waals surface area contributed by atoms with E-state index in [1.165, 1.54) is 218 Å². The standard InChI is InChI=1S/C54H106NO7P/c1-3-5-7-9-11-13-15-17-19-21-23-25-26-28-30-32-34-36-38-40-42-44-46-49-59-51-53(52-61-63(57,58)60-50-48-55)62-54(56)47-45-43-41-39-37-35-33-31-29-27-24-22-20-18-16-14-12-10-8-6-4-2/h16,18,22,24,53H,3-15,17,19-21,23,25-52,55H2,1-2H3,(H,57,58)/b18-16-,24-22-. The third-order valence-electron chi connectivity index (χ3n) is 12.1. The summed E-state index contributed by atoms with van der Waals surface area (Å²) in [6.45, 7) is 4.97. The number of unbranched alkanes of at least 4 members (excludes halogenated alkanes) is 36. The van der Waals surface area contributed by atoms with E-state index in [1.807, 2.05) is 0 Å². The molecule has 0 fully saturated rings. The van der Waals surface area contributed by atoms with Gasteiger partial charge in [0.25, 0.3) is 0 Å². The van der Waals surface area contributed by atoms with E-state index in [4.69, 9.17) is 24.3 Å². The number of carbonyl (C=O) groups excluding carboxylic acids is 1. The maximum absolute atomic E-state index is 12.7. The molecule has 2 unspecified atom stereocenters. The summed E-state index contributed by atoms with van der Waals surface area (Å²) in [5.41, 5.74) is 5.40. The van der Waals surface area contributed by atoms with Crippen molar-refractivity contribution in [3.63, 3.8) is 0 Å². The maximum atomic E-state index is 12.7. The zero-order valence-corrected chi connectivity index (χ0v) is 42.7. The lowest BCUT2D eigenvalue weighted by atomic mass is 10.0.